The van der Waals surface area contributed by atoms with E-state index in [4.69, 9.17) is 17.3 Å². The molecule has 5 heteroatoms. The molecule has 1 rings (SSSR count). The number of hydrogen-bond donors (Lipinski definition) is 1. The first-order chi connectivity index (χ1) is 8.86. The lowest BCUT2D eigenvalue weighted by atomic mass is 9.99. The fourth-order valence-electron chi connectivity index (χ4n) is 1.74. The van der Waals surface area contributed by atoms with Crippen LogP contribution in [0.1, 0.15) is 25.8 Å². The van der Waals surface area contributed by atoms with Gasteiger partial charge in [0.15, 0.2) is 0 Å². The van der Waals surface area contributed by atoms with Crippen LogP contribution in [0.3, 0.4) is 0 Å². The summed E-state index contributed by atoms with van der Waals surface area (Å²) in [5.41, 5.74) is 6.58. The molecular formula is C14H20ClFN2O. The Labute approximate surface area is 118 Å². The molecule has 0 aliphatic carbocycles. The lowest BCUT2D eigenvalue weighted by molar-refractivity contribution is -0.132. The standard InChI is InChI=1S/C14H20ClFN2O/c1-4-9(2)13(17)14(19)18(3)8-10-5-6-11(15)12(16)7-10/h5-7,9,13H,4,8,17H2,1-3H3. The van der Waals surface area contributed by atoms with Gasteiger partial charge in [0.05, 0.1) is 11.1 Å². The molecule has 2 atom stereocenters. The van der Waals surface area contributed by atoms with E-state index in [2.05, 4.69) is 0 Å². The summed E-state index contributed by atoms with van der Waals surface area (Å²) >= 11 is 5.62. The van der Waals surface area contributed by atoms with Crippen molar-refractivity contribution in [3.8, 4) is 0 Å². The average Bonchev–Trinajstić information content (AvgIpc) is 2.40. The lowest BCUT2D eigenvalue weighted by Crippen LogP contribution is -2.45. The predicted molar refractivity (Wildman–Crippen MR) is 75.3 cm³/mol. The van der Waals surface area contributed by atoms with E-state index in [1.807, 2.05) is 13.8 Å². The normalized spacial score (nSPS) is 14.0. The fraction of sp³-hybridized carbons (Fsp3) is 0.500. The van der Waals surface area contributed by atoms with Gasteiger partial charge in [-0.05, 0) is 23.6 Å². The van der Waals surface area contributed by atoms with Crippen molar-refractivity contribution in [1.82, 2.24) is 4.90 Å². The van der Waals surface area contributed by atoms with Gasteiger partial charge in [0.2, 0.25) is 5.91 Å². The molecule has 1 aromatic carbocycles. The van der Waals surface area contributed by atoms with Crippen molar-refractivity contribution in [2.75, 3.05) is 7.05 Å². The van der Waals surface area contributed by atoms with E-state index in [-0.39, 0.29) is 16.8 Å². The number of amides is 1. The van der Waals surface area contributed by atoms with E-state index in [1.165, 1.54) is 17.0 Å². The molecule has 0 aliphatic rings. The molecule has 19 heavy (non-hydrogen) atoms. The summed E-state index contributed by atoms with van der Waals surface area (Å²) in [7, 11) is 1.66. The second kappa shape index (κ2) is 6.87. The van der Waals surface area contributed by atoms with Gasteiger partial charge < -0.3 is 10.6 Å². The van der Waals surface area contributed by atoms with Crippen LogP contribution in [0, 0.1) is 11.7 Å². The van der Waals surface area contributed by atoms with Gasteiger partial charge in [-0.3, -0.25) is 4.79 Å². The maximum Gasteiger partial charge on any atom is 0.239 e. The average molecular weight is 287 g/mol. The molecule has 1 aromatic rings. The maximum atomic E-state index is 13.3. The maximum absolute atomic E-state index is 13.3. The monoisotopic (exact) mass is 286 g/mol. The molecule has 0 heterocycles. The van der Waals surface area contributed by atoms with Crippen LogP contribution in [0.5, 0.6) is 0 Å². The molecule has 0 spiro atoms. The van der Waals surface area contributed by atoms with E-state index in [0.29, 0.717) is 12.1 Å². The smallest absolute Gasteiger partial charge is 0.239 e. The number of likely N-dealkylation sites (N-methyl/N-ethyl adjacent to an activating group) is 1. The van der Waals surface area contributed by atoms with Crippen LogP contribution in [0.2, 0.25) is 5.02 Å². The second-order valence-electron chi connectivity index (χ2n) is 4.85. The number of carbonyl (C=O) groups excluding carboxylic acids is 1. The molecule has 0 radical (unpaired) electrons. The Hall–Kier alpha value is -1.13. The Kier molecular flexibility index (Phi) is 5.76. The predicted octanol–water partition coefficient (Wildman–Crippen LogP) is 2.81. The minimum absolute atomic E-state index is 0.0778. The van der Waals surface area contributed by atoms with Gasteiger partial charge in [-0.2, -0.15) is 0 Å². The molecular weight excluding hydrogens is 267 g/mol. The third kappa shape index (κ3) is 4.18. The fourth-order valence-corrected chi connectivity index (χ4v) is 1.86. The largest absolute Gasteiger partial charge is 0.340 e. The van der Waals surface area contributed by atoms with Crippen LogP contribution in [0.25, 0.3) is 0 Å². The SMILES string of the molecule is CCC(C)C(N)C(=O)N(C)Cc1ccc(Cl)c(F)c1. The van der Waals surface area contributed by atoms with Gasteiger partial charge in [0.1, 0.15) is 5.82 Å². The number of hydrogen-bond acceptors (Lipinski definition) is 2. The molecule has 0 fully saturated rings. The van der Waals surface area contributed by atoms with Crippen molar-refractivity contribution >= 4 is 17.5 Å². The molecule has 2 unspecified atom stereocenters. The molecule has 0 aromatic heterocycles. The molecule has 2 N–H and O–H groups in total. The number of benzene rings is 1. The van der Waals surface area contributed by atoms with Crippen molar-refractivity contribution in [2.24, 2.45) is 11.7 Å². The summed E-state index contributed by atoms with van der Waals surface area (Å²) in [6.07, 6.45) is 0.844. The first-order valence-corrected chi connectivity index (χ1v) is 6.69. The molecule has 1 amide bonds. The van der Waals surface area contributed by atoms with Crippen molar-refractivity contribution in [3.05, 3.63) is 34.6 Å². The number of rotatable bonds is 5. The minimum Gasteiger partial charge on any atom is -0.340 e. The van der Waals surface area contributed by atoms with Gasteiger partial charge in [0, 0.05) is 13.6 Å². The van der Waals surface area contributed by atoms with Gasteiger partial charge in [-0.1, -0.05) is 37.9 Å². The summed E-state index contributed by atoms with van der Waals surface area (Å²) in [5, 5.41) is 0.0778. The van der Waals surface area contributed by atoms with Crippen LogP contribution in [-0.4, -0.2) is 23.9 Å². The van der Waals surface area contributed by atoms with Crippen LogP contribution in [0.15, 0.2) is 18.2 Å². The highest BCUT2D eigenvalue weighted by molar-refractivity contribution is 6.30. The molecule has 0 saturated carbocycles. The zero-order valence-corrected chi connectivity index (χ0v) is 12.2. The van der Waals surface area contributed by atoms with E-state index >= 15 is 0 Å². The minimum atomic E-state index is -0.521. The van der Waals surface area contributed by atoms with Crippen molar-refractivity contribution in [2.45, 2.75) is 32.9 Å². The van der Waals surface area contributed by atoms with E-state index < -0.39 is 11.9 Å². The lowest BCUT2D eigenvalue weighted by Gasteiger charge is -2.24. The number of nitrogens with two attached hydrogens (primary N) is 1. The second-order valence-corrected chi connectivity index (χ2v) is 5.26. The molecule has 106 valence electrons. The van der Waals surface area contributed by atoms with E-state index in [0.717, 1.165) is 6.42 Å². The first kappa shape index (κ1) is 15.9. The summed E-state index contributed by atoms with van der Waals surface area (Å²) in [6, 6.07) is 4.00. The Morgan fingerprint density at radius 3 is 2.68 bits per heavy atom. The van der Waals surface area contributed by atoms with E-state index in [9.17, 15) is 9.18 Å². The molecule has 0 saturated heterocycles. The Balaban J connectivity index is 2.70. The Morgan fingerprint density at radius 1 is 1.53 bits per heavy atom. The van der Waals surface area contributed by atoms with Crippen LogP contribution < -0.4 is 5.73 Å². The first-order valence-electron chi connectivity index (χ1n) is 6.31. The number of nitrogens with zero attached hydrogens (tertiary/aromatic N) is 1. The van der Waals surface area contributed by atoms with Crippen molar-refractivity contribution in [3.63, 3.8) is 0 Å². The summed E-state index contributed by atoms with van der Waals surface area (Å²) in [6.45, 7) is 4.25. The van der Waals surface area contributed by atoms with Crippen LogP contribution in [0.4, 0.5) is 4.39 Å². The Morgan fingerprint density at radius 2 is 2.16 bits per heavy atom. The zero-order valence-electron chi connectivity index (χ0n) is 11.5. The zero-order chi connectivity index (χ0) is 14.6. The molecule has 0 aliphatic heterocycles. The van der Waals surface area contributed by atoms with Crippen LogP contribution in [-0.2, 0) is 11.3 Å². The highest BCUT2D eigenvalue weighted by Crippen LogP contribution is 2.17. The van der Waals surface area contributed by atoms with Crippen LogP contribution >= 0.6 is 11.6 Å². The van der Waals surface area contributed by atoms with E-state index in [1.54, 1.807) is 13.1 Å². The molecule has 3 nitrogen and oxygen atoms in total. The van der Waals surface area contributed by atoms with Crippen molar-refractivity contribution in [1.29, 1.82) is 0 Å². The number of halogens is 2. The third-order valence-electron chi connectivity index (χ3n) is 3.32. The summed E-state index contributed by atoms with van der Waals surface area (Å²) in [4.78, 5) is 13.6. The highest BCUT2D eigenvalue weighted by Gasteiger charge is 2.22. The van der Waals surface area contributed by atoms with Gasteiger partial charge >= 0.3 is 0 Å². The van der Waals surface area contributed by atoms with Gasteiger partial charge in [-0.15, -0.1) is 0 Å². The molecule has 0 bridgehead atoms. The third-order valence-corrected chi connectivity index (χ3v) is 3.63. The topological polar surface area (TPSA) is 46.3 Å². The van der Waals surface area contributed by atoms with Gasteiger partial charge in [0.25, 0.3) is 0 Å². The Bertz CT molecular complexity index is 453. The summed E-state index contributed by atoms with van der Waals surface area (Å²) in [5.74, 6) is -0.493. The highest BCUT2D eigenvalue weighted by atomic mass is 35.5. The quantitative estimate of drug-likeness (QED) is 0.905. The summed E-state index contributed by atoms with van der Waals surface area (Å²) < 4.78 is 13.3. The number of carbonyl (C=O) groups is 1. The van der Waals surface area contributed by atoms with Crippen molar-refractivity contribution < 1.29 is 9.18 Å². The van der Waals surface area contributed by atoms with Gasteiger partial charge in [-0.25, -0.2) is 4.39 Å².